The Morgan fingerprint density at radius 2 is 2.53 bits per heavy atom. The first kappa shape index (κ1) is 11.2. The van der Waals surface area contributed by atoms with Crippen LogP contribution in [0.1, 0.15) is 6.42 Å². The molecule has 1 aromatic rings. The maximum Gasteiger partial charge on any atom is 0.143 e. The molecule has 0 amide bonds. The van der Waals surface area contributed by atoms with Gasteiger partial charge in [0, 0.05) is 12.5 Å². The van der Waals surface area contributed by atoms with E-state index in [4.69, 9.17) is 16.3 Å². The number of pyridine rings is 1. The average Bonchev–Trinajstić information content (AvgIpc) is 2.73. The zero-order chi connectivity index (χ0) is 10.7. The number of rotatable bonds is 3. The summed E-state index contributed by atoms with van der Waals surface area (Å²) in [5.74, 6) is 1.37. The third-order valence-corrected chi connectivity index (χ3v) is 3.55. The van der Waals surface area contributed by atoms with Gasteiger partial charge in [-0.1, -0.05) is 11.6 Å². The lowest BCUT2D eigenvalue weighted by molar-refractivity contribution is 0.259. The van der Waals surface area contributed by atoms with Crippen molar-refractivity contribution in [2.75, 3.05) is 19.7 Å². The molecule has 0 unspecified atom stereocenters. The lowest BCUT2D eigenvalue weighted by Gasteiger charge is -2.10. The van der Waals surface area contributed by atoms with Crippen molar-refractivity contribution in [2.45, 2.75) is 6.42 Å². The van der Waals surface area contributed by atoms with Crippen molar-refractivity contribution < 1.29 is 4.74 Å². The highest BCUT2D eigenvalue weighted by atomic mass is 79.9. The molecule has 2 heterocycles. The summed E-state index contributed by atoms with van der Waals surface area (Å²) in [4.78, 5) is 4.00. The largest absolute Gasteiger partial charge is 0.492 e. The van der Waals surface area contributed by atoms with E-state index in [0.29, 0.717) is 11.1 Å². The highest BCUT2D eigenvalue weighted by molar-refractivity contribution is 9.10. The van der Waals surface area contributed by atoms with E-state index in [1.54, 1.807) is 6.20 Å². The van der Waals surface area contributed by atoms with Gasteiger partial charge in [-0.05, 0) is 35.0 Å². The van der Waals surface area contributed by atoms with Crippen molar-refractivity contribution in [3.05, 3.63) is 21.9 Å². The Morgan fingerprint density at radius 1 is 1.67 bits per heavy atom. The molecule has 1 aliphatic heterocycles. The molecule has 1 fully saturated rings. The van der Waals surface area contributed by atoms with E-state index in [-0.39, 0.29) is 0 Å². The molecule has 5 heteroatoms. The fraction of sp³-hybridized carbons (Fsp3) is 0.500. The molecule has 1 saturated heterocycles. The smallest absolute Gasteiger partial charge is 0.143 e. The van der Waals surface area contributed by atoms with E-state index in [9.17, 15) is 0 Å². The van der Waals surface area contributed by atoms with Crippen molar-refractivity contribution in [1.82, 2.24) is 10.3 Å². The lowest BCUT2D eigenvalue weighted by atomic mass is 10.1. The zero-order valence-corrected chi connectivity index (χ0v) is 10.5. The Balaban J connectivity index is 1.90. The number of ether oxygens (including phenoxy) is 1. The summed E-state index contributed by atoms with van der Waals surface area (Å²) in [6, 6.07) is 1.84. The van der Waals surface area contributed by atoms with Gasteiger partial charge < -0.3 is 10.1 Å². The molecular formula is C10H12BrClN2O. The summed E-state index contributed by atoms with van der Waals surface area (Å²) in [5.41, 5.74) is 0. The van der Waals surface area contributed by atoms with Crippen LogP contribution in [0.25, 0.3) is 0 Å². The molecule has 0 saturated carbocycles. The predicted molar refractivity (Wildman–Crippen MR) is 63.4 cm³/mol. The van der Waals surface area contributed by atoms with Crippen LogP contribution in [0.15, 0.2) is 16.7 Å². The van der Waals surface area contributed by atoms with Crippen LogP contribution < -0.4 is 10.1 Å². The van der Waals surface area contributed by atoms with Crippen molar-refractivity contribution in [2.24, 2.45) is 5.92 Å². The van der Waals surface area contributed by atoms with Gasteiger partial charge in [0.25, 0.3) is 0 Å². The summed E-state index contributed by atoms with van der Waals surface area (Å²) < 4.78 is 6.40. The predicted octanol–water partition coefficient (Wildman–Crippen LogP) is 2.49. The molecule has 1 atom stereocenters. The Bertz CT molecular complexity index is 342. The topological polar surface area (TPSA) is 34.1 Å². The fourth-order valence-corrected chi connectivity index (χ4v) is 1.98. The van der Waals surface area contributed by atoms with Gasteiger partial charge in [0.05, 0.1) is 17.3 Å². The van der Waals surface area contributed by atoms with Crippen LogP contribution in [-0.2, 0) is 0 Å². The second kappa shape index (κ2) is 5.14. The molecule has 3 nitrogen and oxygen atoms in total. The summed E-state index contributed by atoms with van der Waals surface area (Å²) in [5, 5.41) is 3.77. The minimum Gasteiger partial charge on any atom is -0.492 e. The number of hydrogen-bond donors (Lipinski definition) is 1. The number of nitrogens with one attached hydrogen (secondary N) is 1. The monoisotopic (exact) mass is 290 g/mol. The Morgan fingerprint density at radius 3 is 3.20 bits per heavy atom. The SMILES string of the molecule is Clc1ncc(OC[C@@H]2CCNC2)cc1Br. The van der Waals surface area contributed by atoms with Gasteiger partial charge >= 0.3 is 0 Å². The first-order chi connectivity index (χ1) is 7.25. The van der Waals surface area contributed by atoms with Gasteiger partial charge in [0.15, 0.2) is 0 Å². The van der Waals surface area contributed by atoms with Gasteiger partial charge in [-0.15, -0.1) is 0 Å². The zero-order valence-electron chi connectivity index (χ0n) is 8.17. The molecule has 0 radical (unpaired) electrons. The number of hydrogen-bond acceptors (Lipinski definition) is 3. The van der Waals surface area contributed by atoms with Crippen LogP contribution in [0.2, 0.25) is 5.15 Å². The summed E-state index contributed by atoms with van der Waals surface area (Å²) in [7, 11) is 0. The second-order valence-corrected chi connectivity index (χ2v) is 4.83. The number of nitrogens with zero attached hydrogens (tertiary/aromatic N) is 1. The Kier molecular flexibility index (Phi) is 3.83. The van der Waals surface area contributed by atoms with Crippen LogP contribution in [0.3, 0.4) is 0 Å². The molecule has 0 aromatic carbocycles. The molecule has 1 N–H and O–H groups in total. The quantitative estimate of drug-likeness (QED) is 0.869. The van der Waals surface area contributed by atoms with E-state index in [2.05, 4.69) is 26.2 Å². The lowest BCUT2D eigenvalue weighted by Crippen LogP contribution is -2.15. The first-order valence-electron chi connectivity index (χ1n) is 4.90. The Hall–Kier alpha value is -0.320. The molecular weight excluding hydrogens is 279 g/mol. The van der Waals surface area contributed by atoms with Gasteiger partial charge in [0.1, 0.15) is 10.9 Å². The number of halogens is 2. The minimum atomic E-state index is 0.463. The standard InChI is InChI=1S/C10H12BrClN2O/c11-9-3-8(5-14-10(9)12)15-6-7-1-2-13-4-7/h3,5,7,13H,1-2,4,6H2/t7-/m1/s1. The molecule has 1 aromatic heterocycles. The van der Waals surface area contributed by atoms with E-state index in [1.165, 1.54) is 6.42 Å². The van der Waals surface area contributed by atoms with Crippen molar-refractivity contribution in [3.8, 4) is 5.75 Å². The van der Waals surface area contributed by atoms with Crippen LogP contribution in [-0.4, -0.2) is 24.7 Å². The van der Waals surface area contributed by atoms with E-state index < -0.39 is 0 Å². The van der Waals surface area contributed by atoms with E-state index in [1.807, 2.05) is 6.07 Å². The third kappa shape index (κ3) is 3.06. The number of aromatic nitrogens is 1. The maximum atomic E-state index is 5.78. The normalized spacial score (nSPS) is 20.5. The molecule has 0 aliphatic carbocycles. The van der Waals surface area contributed by atoms with Crippen molar-refractivity contribution >= 4 is 27.5 Å². The fourth-order valence-electron chi connectivity index (χ4n) is 1.55. The van der Waals surface area contributed by atoms with Gasteiger partial charge in [-0.25, -0.2) is 4.98 Å². The van der Waals surface area contributed by atoms with Gasteiger partial charge in [0.2, 0.25) is 0 Å². The van der Waals surface area contributed by atoms with Crippen molar-refractivity contribution in [1.29, 1.82) is 0 Å². The van der Waals surface area contributed by atoms with Crippen LogP contribution in [0, 0.1) is 5.92 Å². The van der Waals surface area contributed by atoms with Crippen LogP contribution in [0.5, 0.6) is 5.75 Å². The Labute approximate surface area is 102 Å². The highest BCUT2D eigenvalue weighted by Crippen LogP contribution is 2.24. The van der Waals surface area contributed by atoms with E-state index >= 15 is 0 Å². The highest BCUT2D eigenvalue weighted by Gasteiger charge is 2.15. The average molecular weight is 292 g/mol. The summed E-state index contributed by atoms with van der Waals surface area (Å²) in [6.07, 6.45) is 2.83. The van der Waals surface area contributed by atoms with Gasteiger partial charge in [-0.2, -0.15) is 0 Å². The minimum absolute atomic E-state index is 0.463. The molecule has 15 heavy (non-hydrogen) atoms. The second-order valence-electron chi connectivity index (χ2n) is 3.61. The molecule has 0 spiro atoms. The summed E-state index contributed by atoms with van der Waals surface area (Å²) in [6.45, 7) is 2.88. The maximum absolute atomic E-state index is 5.78. The van der Waals surface area contributed by atoms with Crippen LogP contribution >= 0.6 is 27.5 Å². The van der Waals surface area contributed by atoms with E-state index in [0.717, 1.165) is 29.9 Å². The summed E-state index contributed by atoms with van der Waals surface area (Å²) >= 11 is 9.10. The molecule has 1 aliphatic rings. The molecule has 2 rings (SSSR count). The van der Waals surface area contributed by atoms with Crippen LogP contribution in [0.4, 0.5) is 0 Å². The van der Waals surface area contributed by atoms with Crippen molar-refractivity contribution in [3.63, 3.8) is 0 Å². The third-order valence-electron chi connectivity index (χ3n) is 2.42. The molecule has 0 bridgehead atoms. The first-order valence-corrected chi connectivity index (χ1v) is 6.07. The molecule has 82 valence electrons. The van der Waals surface area contributed by atoms with Gasteiger partial charge in [-0.3, -0.25) is 0 Å².